The fourth-order valence-electron chi connectivity index (χ4n) is 1.24. The minimum Gasteiger partial charge on any atom is -0.260 e. The lowest BCUT2D eigenvalue weighted by Crippen LogP contribution is -2.07. The van der Waals surface area contributed by atoms with E-state index in [-0.39, 0.29) is 5.41 Å². The molecule has 0 spiro atoms. The van der Waals surface area contributed by atoms with Crippen molar-refractivity contribution in [1.82, 2.24) is 0 Å². The largest absolute Gasteiger partial charge is 0.260 e. The van der Waals surface area contributed by atoms with Crippen molar-refractivity contribution in [3.63, 3.8) is 0 Å². The average molecular weight is 217 g/mol. The standard InChI is InChI=1S/C13H17N.C2H6/c1-5-7-12-11(6-2)8-9-13(3,4)10-14-12;1-2/h5-10H,1H2,2-4H3;1-2H3/b11-6-,12-7+;. The average Bonchev–Trinajstić information content (AvgIpc) is 2.42. The molecule has 0 atom stereocenters. The molecular weight excluding hydrogens is 194 g/mol. The fraction of sp³-hybridized carbons (Fsp3) is 0.400. The van der Waals surface area contributed by atoms with E-state index in [2.05, 4.69) is 43.6 Å². The lowest BCUT2D eigenvalue weighted by atomic mass is 9.95. The van der Waals surface area contributed by atoms with Gasteiger partial charge in [0.05, 0.1) is 5.70 Å². The second kappa shape index (κ2) is 7.00. The van der Waals surface area contributed by atoms with Crippen molar-refractivity contribution in [1.29, 1.82) is 0 Å². The molecule has 1 heterocycles. The van der Waals surface area contributed by atoms with Crippen molar-refractivity contribution in [3.05, 3.63) is 48.2 Å². The number of rotatable bonds is 1. The van der Waals surface area contributed by atoms with Crippen LogP contribution in [0.2, 0.25) is 0 Å². The maximum atomic E-state index is 4.45. The number of hydrogen-bond acceptors (Lipinski definition) is 1. The Morgan fingerprint density at radius 2 is 1.94 bits per heavy atom. The van der Waals surface area contributed by atoms with E-state index in [1.165, 1.54) is 0 Å². The van der Waals surface area contributed by atoms with Crippen molar-refractivity contribution in [3.8, 4) is 0 Å². The summed E-state index contributed by atoms with van der Waals surface area (Å²) < 4.78 is 0. The van der Waals surface area contributed by atoms with Gasteiger partial charge in [0.1, 0.15) is 0 Å². The van der Waals surface area contributed by atoms with Crippen LogP contribution in [0.15, 0.2) is 53.2 Å². The third-order valence-electron chi connectivity index (χ3n) is 2.11. The molecule has 1 aliphatic heterocycles. The minimum absolute atomic E-state index is 0.0328. The Balaban J connectivity index is 0.00000106. The van der Waals surface area contributed by atoms with Gasteiger partial charge in [-0.3, -0.25) is 4.99 Å². The second-order valence-electron chi connectivity index (χ2n) is 3.94. The van der Waals surface area contributed by atoms with Crippen molar-refractivity contribution in [2.24, 2.45) is 10.4 Å². The molecule has 88 valence electrons. The third kappa shape index (κ3) is 4.43. The van der Waals surface area contributed by atoms with E-state index >= 15 is 0 Å². The Morgan fingerprint density at radius 1 is 1.31 bits per heavy atom. The molecule has 0 bridgehead atoms. The predicted molar refractivity (Wildman–Crippen MR) is 74.8 cm³/mol. The zero-order chi connectivity index (χ0) is 12.6. The molecule has 0 aromatic rings. The summed E-state index contributed by atoms with van der Waals surface area (Å²) in [5.74, 6) is 0. The summed E-state index contributed by atoms with van der Waals surface area (Å²) in [6.45, 7) is 14.0. The summed E-state index contributed by atoms with van der Waals surface area (Å²) >= 11 is 0. The number of hydrogen-bond donors (Lipinski definition) is 0. The Hall–Kier alpha value is -1.37. The van der Waals surface area contributed by atoms with Crippen LogP contribution >= 0.6 is 0 Å². The number of aliphatic imine (C=N–C) groups is 1. The molecule has 0 aromatic carbocycles. The predicted octanol–water partition coefficient (Wildman–Crippen LogP) is 4.70. The first-order chi connectivity index (χ1) is 7.59. The van der Waals surface area contributed by atoms with E-state index in [1.54, 1.807) is 6.08 Å². The van der Waals surface area contributed by atoms with Crippen LogP contribution in [-0.2, 0) is 0 Å². The summed E-state index contributed by atoms with van der Waals surface area (Å²) in [7, 11) is 0. The Labute approximate surface area is 100.0 Å². The maximum absolute atomic E-state index is 4.45. The van der Waals surface area contributed by atoms with Gasteiger partial charge in [-0.2, -0.15) is 0 Å². The number of nitrogens with zero attached hydrogens (tertiary/aromatic N) is 1. The molecule has 16 heavy (non-hydrogen) atoms. The smallest absolute Gasteiger partial charge is 0.0694 e. The second-order valence-corrected chi connectivity index (χ2v) is 3.94. The van der Waals surface area contributed by atoms with E-state index in [1.807, 2.05) is 33.1 Å². The van der Waals surface area contributed by atoms with Crippen LogP contribution in [0, 0.1) is 5.41 Å². The van der Waals surface area contributed by atoms with Gasteiger partial charge in [0.2, 0.25) is 0 Å². The monoisotopic (exact) mass is 217 g/mol. The SMILES string of the molecule is C=C/C=C1/N=CC(C)(C)C=C/C1=C/C.CC. The quantitative estimate of drug-likeness (QED) is 0.604. The highest BCUT2D eigenvalue weighted by Crippen LogP contribution is 2.24. The Kier molecular flexibility index (Phi) is 6.40. The van der Waals surface area contributed by atoms with Gasteiger partial charge in [0.15, 0.2) is 0 Å². The van der Waals surface area contributed by atoms with Gasteiger partial charge in [-0.05, 0) is 18.6 Å². The first-order valence-electron chi connectivity index (χ1n) is 5.83. The van der Waals surface area contributed by atoms with E-state index < -0.39 is 0 Å². The fourth-order valence-corrected chi connectivity index (χ4v) is 1.24. The van der Waals surface area contributed by atoms with Gasteiger partial charge in [0.25, 0.3) is 0 Å². The van der Waals surface area contributed by atoms with Crippen LogP contribution < -0.4 is 0 Å². The highest BCUT2D eigenvalue weighted by atomic mass is 14.7. The van der Waals surface area contributed by atoms with Crippen LogP contribution in [0.5, 0.6) is 0 Å². The van der Waals surface area contributed by atoms with E-state index in [0.29, 0.717) is 0 Å². The molecule has 1 aliphatic rings. The molecule has 0 radical (unpaired) electrons. The lowest BCUT2D eigenvalue weighted by Gasteiger charge is -2.10. The summed E-state index contributed by atoms with van der Waals surface area (Å²) in [5, 5.41) is 0. The maximum Gasteiger partial charge on any atom is 0.0694 e. The van der Waals surface area contributed by atoms with Gasteiger partial charge in [-0.1, -0.05) is 58.6 Å². The zero-order valence-electron chi connectivity index (χ0n) is 11.1. The normalized spacial score (nSPS) is 22.6. The molecule has 0 fully saturated rings. The summed E-state index contributed by atoms with van der Waals surface area (Å²) in [4.78, 5) is 4.45. The van der Waals surface area contributed by atoms with Crippen molar-refractivity contribution in [2.45, 2.75) is 34.6 Å². The molecule has 0 saturated heterocycles. The molecule has 0 aromatic heterocycles. The van der Waals surface area contributed by atoms with Crippen molar-refractivity contribution >= 4 is 6.21 Å². The first kappa shape index (κ1) is 14.6. The summed E-state index contributed by atoms with van der Waals surface area (Å²) in [6, 6.07) is 0. The molecule has 0 saturated carbocycles. The van der Waals surface area contributed by atoms with Gasteiger partial charge in [-0.25, -0.2) is 0 Å². The molecular formula is C15H23N. The molecule has 0 N–H and O–H groups in total. The lowest BCUT2D eigenvalue weighted by molar-refractivity contribution is 0.695. The van der Waals surface area contributed by atoms with E-state index in [0.717, 1.165) is 11.3 Å². The topological polar surface area (TPSA) is 12.4 Å². The van der Waals surface area contributed by atoms with E-state index in [9.17, 15) is 0 Å². The van der Waals surface area contributed by atoms with Crippen molar-refractivity contribution in [2.75, 3.05) is 0 Å². The molecule has 1 rings (SSSR count). The van der Waals surface area contributed by atoms with Crippen LogP contribution in [0.25, 0.3) is 0 Å². The summed E-state index contributed by atoms with van der Waals surface area (Å²) in [6.07, 6.45) is 12.0. The van der Waals surface area contributed by atoms with Crippen LogP contribution in [0.4, 0.5) is 0 Å². The highest BCUT2D eigenvalue weighted by molar-refractivity contribution is 5.72. The van der Waals surface area contributed by atoms with Crippen LogP contribution in [-0.4, -0.2) is 6.21 Å². The minimum atomic E-state index is 0.0328. The summed E-state index contributed by atoms with van der Waals surface area (Å²) in [5.41, 5.74) is 2.15. The van der Waals surface area contributed by atoms with Crippen LogP contribution in [0.1, 0.15) is 34.6 Å². The van der Waals surface area contributed by atoms with Crippen molar-refractivity contribution < 1.29 is 0 Å². The molecule has 0 aliphatic carbocycles. The van der Waals surface area contributed by atoms with Gasteiger partial charge in [0, 0.05) is 11.6 Å². The molecule has 1 heteroatoms. The van der Waals surface area contributed by atoms with E-state index in [4.69, 9.17) is 0 Å². The molecule has 1 nitrogen and oxygen atoms in total. The highest BCUT2D eigenvalue weighted by Gasteiger charge is 2.14. The number of allylic oxidation sites excluding steroid dienone is 5. The van der Waals surface area contributed by atoms with Gasteiger partial charge in [-0.15, -0.1) is 0 Å². The van der Waals surface area contributed by atoms with Gasteiger partial charge >= 0.3 is 0 Å². The zero-order valence-corrected chi connectivity index (χ0v) is 11.1. The Morgan fingerprint density at radius 3 is 2.44 bits per heavy atom. The molecule has 0 unspecified atom stereocenters. The van der Waals surface area contributed by atoms with Crippen LogP contribution in [0.3, 0.4) is 0 Å². The first-order valence-corrected chi connectivity index (χ1v) is 5.83. The third-order valence-corrected chi connectivity index (χ3v) is 2.11. The van der Waals surface area contributed by atoms with Gasteiger partial charge < -0.3 is 0 Å². The Bertz CT molecular complexity index is 338. The molecule has 0 amide bonds.